The molecule has 32 heavy (non-hydrogen) atoms. The number of carbonyl (C=O) groups is 1. The molecule has 10 heteroatoms. The summed E-state index contributed by atoms with van der Waals surface area (Å²) >= 11 is 0.923. The summed E-state index contributed by atoms with van der Waals surface area (Å²) in [5.74, 6) is -1.01. The summed E-state index contributed by atoms with van der Waals surface area (Å²) in [5.41, 5.74) is 7.63. The molecule has 1 atom stereocenters. The first-order valence-electron chi connectivity index (χ1n) is 9.61. The lowest BCUT2D eigenvalue weighted by Crippen LogP contribution is -2.30. The number of anilines is 1. The lowest BCUT2D eigenvalue weighted by atomic mass is 10.2. The molecule has 3 N–H and O–H groups in total. The van der Waals surface area contributed by atoms with Crippen molar-refractivity contribution in [1.29, 1.82) is 0 Å². The van der Waals surface area contributed by atoms with Gasteiger partial charge in [-0.25, -0.2) is 4.79 Å². The average Bonchev–Trinajstić information content (AvgIpc) is 3.13. The number of rotatable bonds is 11. The largest absolute Gasteiger partial charge is 0.488 e. The summed E-state index contributed by atoms with van der Waals surface area (Å²) < 4.78 is 42.1. The number of carboxylic acid groups (broad SMARTS) is 1. The van der Waals surface area contributed by atoms with Gasteiger partial charge < -0.3 is 20.3 Å². The van der Waals surface area contributed by atoms with Crippen molar-refractivity contribution in [2.45, 2.75) is 24.5 Å². The molecule has 0 radical (unpaired) electrons. The Morgan fingerprint density at radius 3 is 2.41 bits per heavy atom. The van der Waals surface area contributed by atoms with E-state index in [4.69, 9.17) is 24.5 Å². The maximum Gasteiger partial charge on any atom is 0.348 e. The first-order valence-corrected chi connectivity index (χ1v) is 11.9. The van der Waals surface area contributed by atoms with Crippen LogP contribution in [0.15, 0.2) is 64.9 Å². The van der Waals surface area contributed by atoms with Crippen LogP contribution in [-0.4, -0.2) is 38.8 Å². The minimum atomic E-state index is -4.08. The van der Waals surface area contributed by atoms with Crippen molar-refractivity contribution in [1.82, 2.24) is 0 Å². The number of carboxylic acids is 1. The molecule has 0 saturated carbocycles. The van der Waals surface area contributed by atoms with E-state index in [1.54, 1.807) is 12.1 Å². The fourth-order valence-corrected chi connectivity index (χ4v) is 4.54. The molecule has 1 aromatic heterocycles. The zero-order valence-electron chi connectivity index (χ0n) is 17.3. The highest BCUT2D eigenvalue weighted by Gasteiger charge is 2.24. The third kappa shape index (κ3) is 6.30. The number of aromatic carboxylic acids is 1. The van der Waals surface area contributed by atoms with Crippen LogP contribution < -0.4 is 10.5 Å². The van der Waals surface area contributed by atoms with Crippen molar-refractivity contribution < 1.29 is 32.0 Å². The van der Waals surface area contributed by atoms with E-state index < -0.39 is 22.2 Å². The summed E-state index contributed by atoms with van der Waals surface area (Å²) in [6, 6.07) is 15.7. The number of nitrogen functional groups attached to an aromatic ring is 1. The van der Waals surface area contributed by atoms with E-state index in [0.717, 1.165) is 22.5 Å². The Morgan fingerprint density at radius 1 is 1.09 bits per heavy atom. The summed E-state index contributed by atoms with van der Waals surface area (Å²) in [6.45, 7) is 1.83. The second-order valence-electron chi connectivity index (χ2n) is 6.95. The molecule has 170 valence electrons. The van der Waals surface area contributed by atoms with Crippen molar-refractivity contribution in [2.75, 3.05) is 18.9 Å². The number of aryl methyl sites for hydroxylation is 1. The standard InChI is InChI=1S/C22H23NO7S2/c1-15-7-9-18(10-8-15)32(26,27)30-17(12-28-11-16-5-3-2-4-6-16)13-29-19-14-31-21(20(19)23)22(24)25/h2-10,14,17H,11-13,23H2,1H3,(H,24,25)/t17-/m1/s1. The predicted molar refractivity (Wildman–Crippen MR) is 121 cm³/mol. The number of benzene rings is 2. The van der Waals surface area contributed by atoms with Crippen LogP contribution in [0.2, 0.25) is 0 Å². The van der Waals surface area contributed by atoms with Gasteiger partial charge in [-0.2, -0.15) is 8.42 Å². The van der Waals surface area contributed by atoms with Gasteiger partial charge in [-0.1, -0.05) is 48.0 Å². The number of hydrogen-bond donors (Lipinski definition) is 2. The Kier molecular flexibility index (Phi) is 7.86. The van der Waals surface area contributed by atoms with Gasteiger partial charge in [-0.3, -0.25) is 4.18 Å². The van der Waals surface area contributed by atoms with Gasteiger partial charge >= 0.3 is 5.97 Å². The molecule has 0 saturated heterocycles. The van der Waals surface area contributed by atoms with E-state index in [-0.39, 0.29) is 41.0 Å². The molecule has 3 aromatic rings. The zero-order valence-corrected chi connectivity index (χ0v) is 18.9. The Hall–Kier alpha value is -2.92. The lowest BCUT2D eigenvalue weighted by molar-refractivity contribution is 0.0219. The van der Waals surface area contributed by atoms with Crippen LogP contribution in [0.5, 0.6) is 5.75 Å². The van der Waals surface area contributed by atoms with Gasteiger partial charge in [-0.15, -0.1) is 11.3 Å². The van der Waals surface area contributed by atoms with E-state index in [0.29, 0.717) is 0 Å². The molecular weight excluding hydrogens is 454 g/mol. The Bertz CT molecular complexity index is 1140. The fraction of sp³-hybridized carbons (Fsp3) is 0.227. The van der Waals surface area contributed by atoms with Crippen LogP contribution in [-0.2, 0) is 25.6 Å². The van der Waals surface area contributed by atoms with Crippen LogP contribution in [0, 0.1) is 6.92 Å². The summed E-state index contributed by atoms with van der Waals surface area (Å²) in [4.78, 5) is 11.1. The third-order valence-corrected chi connectivity index (χ3v) is 6.74. The summed E-state index contributed by atoms with van der Waals surface area (Å²) in [6.07, 6.45) is -0.988. The topological polar surface area (TPSA) is 125 Å². The first-order chi connectivity index (χ1) is 15.3. The van der Waals surface area contributed by atoms with Crippen LogP contribution in [0.4, 0.5) is 5.69 Å². The number of hydrogen-bond acceptors (Lipinski definition) is 8. The molecule has 0 bridgehead atoms. The molecule has 3 rings (SSSR count). The first kappa shape index (κ1) is 23.7. The maximum absolute atomic E-state index is 12.7. The number of thiophene rings is 1. The predicted octanol–water partition coefficient (Wildman–Crippen LogP) is 3.71. The second kappa shape index (κ2) is 10.6. The van der Waals surface area contributed by atoms with Gasteiger partial charge in [0.25, 0.3) is 10.1 Å². The number of ether oxygens (including phenoxy) is 2. The van der Waals surface area contributed by atoms with Gasteiger partial charge in [0.15, 0.2) is 5.75 Å². The molecule has 0 unspecified atom stereocenters. The van der Waals surface area contributed by atoms with Crippen LogP contribution in [0.3, 0.4) is 0 Å². The van der Waals surface area contributed by atoms with Gasteiger partial charge in [0.1, 0.15) is 17.6 Å². The highest BCUT2D eigenvalue weighted by Crippen LogP contribution is 2.32. The van der Waals surface area contributed by atoms with E-state index in [9.17, 15) is 13.2 Å². The third-order valence-electron chi connectivity index (χ3n) is 4.40. The second-order valence-corrected chi connectivity index (χ2v) is 9.40. The Morgan fingerprint density at radius 2 is 1.78 bits per heavy atom. The van der Waals surface area contributed by atoms with E-state index in [1.807, 2.05) is 37.3 Å². The van der Waals surface area contributed by atoms with Crippen LogP contribution in [0.25, 0.3) is 0 Å². The highest BCUT2D eigenvalue weighted by atomic mass is 32.2. The van der Waals surface area contributed by atoms with Crippen LogP contribution >= 0.6 is 11.3 Å². The minimum absolute atomic E-state index is 0.0133. The highest BCUT2D eigenvalue weighted by molar-refractivity contribution is 7.86. The lowest BCUT2D eigenvalue weighted by Gasteiger charge is -2.18. The summed E-state index contributed by atoms with van der Waals surface area (Å²) in [5, 5.41) is 10.6. The molecule has 0 aliphatic rings. The van der Waals surface area contributed by atoms with Crippen molar-refractivity contribution in [3.63, 3.8) is 0 Å². The molecule has 0 amide bonds. The smallest absolute Gasteiger partial charge is 0.348 e. The molecule has 1 heterocycles. The van der Waals surface area contributed by atoms with Crippen molar-refractivity contribution >= 4 is 33.1 Å². The fourth-order valence-electron chi connectivity index (χ4n) is 2.74. The Labute approximate surface area is 190 Å². The van der Waals surface area contributed by atoms with Gasteiger partial charge in [-0.05, 0) is 24.6 Å². The normalized spacial score (nSPS) is 12.4. The minimum Gasteiger partial charge on any atom is -0.488 e. The molecule has 0 spiro atoms. The van der Waals surface area contributed by atoms with Gasteiger partial charge in [0, 0.05) is 5.38 Å². The maximum atomic E-state index is 12.7. The van der Waals surface area contributed by atoms with E-state index in [1.165, 1.54) is 17.5 Å². The van der Waals surface area contributed by atoms with E-state index >= 15 is 0 Å². The molecule has 0 fully saturated rings. The Balaban J connectivity index is 1.71. The molecular formula is C22H23NO7S2. The van der Waals surface area contributed by atoms with Gasteiger partial charge in [0.05, 0.1) is 23.8 Å². The molecule has 8 nitrogen and oxygen atoms in total. The number of nitrogens with two attached hydrogens (primary N) is 1. The van der Waals surface area contributed by atoms with Crippen molar-refractivity contribution in [2.24, 2.45) is 0 Å². The molecule has 2 aromatic carbocycles. The monoisotopic (exact) mass is 477 g/mol. The van der Waals surface area contributed by atoms with Crippen LogP contribution in [0.1, 0.15) is 20.8 Å². The van der Waals surface area contributed by atoms with Crippen molar-refractivity contribution in [3.8, 4) is 5.75 Å². The average molecular weight is 478 g/mol. The van der Waals surface area contributed by atoms with E-state index in [2.05, 4.69) is 0 Å². The molecule has 0 aliphatic heterocycles. The van der Waals surface area contributed by atoms with Crippen molar-refractivity contribution in [3.05, 3.63) is 76.0 Å². The zero-order chi connectivity index (χ0) is 23.1. The quantitative estimate of drug-likeness (QED) is 0.401. The molecule has 0 aliphatic carbocycles. The SMILES string of the molecule is Cc1ccc(S(=O)(=O)O[C@H](COCc2ccccc2)COc2csc(C(=O)O)c2N)cc1. The van der Waals surface area contributed by atoms with Gasteiger partial charge in [0.2, 0.25) is 0 Å². The summed E-state index contributed by atoms with van der Waals surface area (Å²) in [7, 11) is -4.08.